The minimum atomic E-state index is -1.78. The van der Waals surface area contributed by atoms with Gasteiger partial charge in [-0.25, -0.2) is 8.78 Å². The normalized spacial score (nSPS) is 26.4. The number of piperidine rings is 1. The van der Waals surface area contributed by atoms with E-state index in [0.717, 1.165) is 11.6 Å². The van der Waals surface area contributed by atoms with Gasteiger partial charge in [-0.2, -0.15) is 0 Å². The highest BCUT2D eigenvalue weighted by Crippen LogP contribution is 2.66. The molecule has 3 aliphatic heterocycles. The van der Waals surface area contributed by atoms with Gasteiger partial charge in [0.05, 0.1) is 5.41 Å². The van der Waals surface area contributed by atoms with Crippen LogP contribution in [0.3, 0.4) is 0 Å². The predicted octanol–water partition coefficient (Wildman–Crippen LogP) is 5.91. The zero-order chi connectivity index (χ0) is 31.3. The first kappa shape index (κ1) is 28.6. The first-order chi connectivity index (χ1) is 21.8. The zero-order valence-electron chi connectivity index (χ0n) is 24.2. The van der Waals surface area contributed by atoms with Crippen molar-refractivity contribution in [1.82, 2.24) is 10.2 Å². The standard InChI is InChI=1S/C37H29F2N3O3/c1-2-31(43)42-21-25(20-24-14-6-9-17-28(24)38)34(44)36(22-42)32(26-15-7-10-18-29(26)39)33(23-12-4-3-5-13-23)41-37(36)27-16-8-11-19-30(27)40-35(37)45/h2-20,32-33,41H,1,21-22H2,(H,40,45)/b25-20+. The van der Waals surface area contributed by atoms with E-state index >= 15 is 13.6 Å². The molecule has 0 saturated carbocycles. The van der Waals surface area contributed by atoms with E-state index in [-0.39, 0.29) is 29.8 Å². The van der Waals surface area contributed by atoms with Crippen molar-refractivity contribution in [1.29, 1.82) is 0 Å². The van der Waals surface area contributed by atoms with Crippen LogP contribution in [0.25, 0.3) is 6.08 Å². The first-order valence-electron chi connectivity index (χ1n) is 14.7. The SMILES string of the molecule is C=CC(=O)N1C/C(=C\c2ccccc2F)C(=O)C2(C1)C(c1ccccc1F)C(c1ccccc1)NC21C(=O)Nc2ccccc21. The number of carbonyl (C=O) groups is 3. The van der Waals surface area contributed by atoms with Crippen molar-refractivity contribution in [3.8, 4) is 0 Å². The van der Waals surface area contributed by atoms with E-state index in [2.05, 4.69) is 17.2 Å². The van der Waals surface area contributed by atoms with Crippen LogP contribution in [0.2, 0.25) is 0 Å². The van der Waals surface area contributed by atoms with Gasteiger partial charge in [-0.05, 0) is 41.5 Å². The van der Waals surface area contributed by atoms with Crippen molar-refractivity contribution in [3.05, 3.63) is 155 Å². The highest BCUT2D eigenvalue weighted by Gasteiger charge is 2.75. The number of halogens is 2. The van der Waals surface area contributed by atoms with Crippen molar-refractivity contribution in [2.75, 3.05) is 18.4 Å². The summed E-state index contributed by atoms with van der Waals surface area (Å²) in [4.78, 5) is 44.9. The van der Waals surface area contributed by atoms with Crippen LogP contribution in [0.5, 0.6) is 0 Å². The number of likely N-dealkylation sites (tertiary alicyclic amines) is 1. The number of rotatable bonds is 4. The van der Waals surface area contributed by atoms with Gasteiger partial charge >= 0.3 is 0 Å². The van der Waals surface area contributed by atoms with Crippen LogP contribution < -0.4 is 10.6 Å². The van der Waals surface area contributed by atoms with Crippen LogP contribution in [0, 0.1) is 17.0 Å². The maximum atomic E-state index is 16.1. The fraction of sp³-hybridized carbons (Fsp3) is 0.162. The monoisotopic (exact) mass is 601 g/mol. The molecule has 8 heteroatoms. The molecule has 0 bridgehead atoms. The molecule has 3 heterocycles. The maximum absolute atomic E-state index is 16.1. The molecule has 2 amide bonds. The molecule has 2 spiro atoms. The molecule has 2 fully saturated rings. The average molecular weight is 602 g/mol. The summed E-state index contributed by atoms with van der Waals surface area (Å²) in [5.41, 5.74) is -1.25. The number of benzene rings is 4. The lowest BCUT2D eigenvalue weighted by Gasteiger charge is -2.50. The average Bonchev–Trinajstić information content (AvgIpc) is 3.52. The van der Waals surface area contributed by atoms with Gasteiger partial charge in [-0.1, -0.05) is 91.5 Å². The molecule has 7 rings (SSSR count). The number of carbonyl (C=O) groups excluding carboxylic acids is 3. The van der Waals surface area contributed by atoms with Crippen LogP contribution in [-0.4, -0.2) is 35.6 Å². The molecule has 3 aliphatic rings. The fourth-order valence-electron chi connectivity index (χ4n) is 7.61. The Kier molecular flexibility index (Phi) is 6.82. The smallest absolute Gasteiger partial charge is 0.250 e. The number of nitrogens with zero attached hydrogens (tertiary/aromatic N) is 1. The molecule has 4 unspecified atom stereocenters. The summed E-state index contributed by atoms with van der Waals surface area (Å²) < 4.78 is 31.1. The number of Topliss-reactive ketones (excluding diaryl/α,β-unsaturated/α-hetero) is 1. The van der Waals surface area contributed by atoms with Gasteiger partial charge in [0.1, 0.15) is 17.2 Å². The summed E-state index contributed by atoms with van der Waals surface area (Å²) in [5, 5.41) is 6.53. The van der Waals surface area contributed by atoms with Gasteiger partial charge in [0.2, 0.25) is 5.91 Å². The first-order valence-corrected chi connectivity index (χ1v) is 14.7. The highest BCUT2D eigenvalue weighted by molar-refractivity contribution is 6.16. The molecule has 4 aromatic rings. The zero-order valence-corrected chi connectivity index (χ0v) is 24.2. The number of para-hydroxylation sites is 1. The molecule has 4 atom stereocenters. The quantitative estimate of drug-likeness (QED) is 0.285. The van der Waals surface area contributed by atoms with E-state index in [1.54, 1.807) is 54.6 Å². The second kappa shape index (κ2) is 10.7. The topological polar surface area (TPSA) is 78.5 Å². The molecule has 2 saturated heterocycles. The molecule has 4 aromatic carbocycles. The van der Waals surface area contributed by atoms with Gasteiger partial charge in [-0.15, -0.1) is 0 Å². The Morgan fingerprint density at radius 3 is 2.27 bits per heavy atom. The Morgan fingerprint density at radius 1 is 0.867 bits per heavy atom. The molecule has 0 aromatic heterocycles. The lowest BCUT2D eigenvalue weighted by molar-refractivity contribution is -0.145. The van der Waals surface area contributed by atoms with Crippen molar-refractivity contribution in [3.63, 3.8) is 0 Å². The third-order valence-electron chi connectivity index (χ3n) is 9.44. The Bertz CT molecular complexity index is 1910. The van der Waals surface area contributed by atoms with Crippen molar-refractivity contribution < 1.29 is 23.2 Å². The summed E-state index contributed by atoms with van der Waals surface area (Å²) in [6, 6.07) is 27.9. The largest absolute Gasteiger partial charge is 0.334 e. The van der Waals surface area contributed by atoms with E-state index in [9.17, 15) is 9.59 Å². The molecule has 0 radical (unpaired) electrons. The van der Waals surface area contributed by atoms with E-state index < -0.39 is 52.1 Å². The number of nitrogens with one attached hydrogen (secondary N) is 2. The Labute approximate surface area is 259 Å². The van der Waals surface area contributed by atoms with E-state index in [1.165, 1.54) is 29.2 Å². The van der Waals surface area contributed by atoms with Crippen LogP contribution in [0.4, 0.5) is 14.5 Å². The molecule has 0 aliphatic carbocycles. The third-order valence-corrected chi connectivity index (χ3v) is 9.44. The van der Waals surface area contributed by atoms with E-state index in [4.69, 9.17) is 0 Å². The summed E-state index contributed by atoms with van der Waals surface area (Å²) in [7, 11) is 0. The molecular weight excluding hydrogens is 572 g/mol. The fourth-order valence-corrected chi connectivity index (χ4v) is 7.61. The van der Waals surface area contributed by atoms with Gasteiger partial charge in [0.25, 0.3) is 5.91 Å². The minimum Gasteiger partial charge on any atom is -0.334 e. The number of amides is 2. The van der Waals surface area contributed by atoms with Gasteiger partial charge in [-0.3, -0.25) is 19.7 Å². The lowest BCUT2D eigenvalue weighted by atomic mass is 9.55. The Morgan fingerprint density at radius 2 is 1.53 bits per heavy atom. The highest BCUT2D eigenvalue weighted by atomic mass is 19.1. The summed E-state index contributed by atoms with van der Waals surface area (Å²) in [6.07, 6.45) is 2.58. The molecule has 6 nitrogen and oxygen atoms in total. The van der Waals surface area contributed by atoms with Crippen LogP contribution in [0.1, 0.15) is 34.2 Å². The second-order valence-electron chi connectivity index (χ2n) is 11.7. The summed E-state index contributed by atoms with van der Waals surface area (Å²) in [6.45, 7) is 3.32. The van der Waals surface area contributed by atoms with Crippen LogP contribution >= 0.6 is 0 Å². The Hall–Kier alpha value is -5.21. The number of hydrogen-bond acceptors (Lipinski definition) is 4. The van der Waals surface area contributed by atoms with Crippen LogP contribution in [0.15, 0.2) is 121 Å². The second-order valence-corrected chi connectivity index (χ2v) is 11.7. The Balaban J connectivity index is 1.59. The number of fused-ring (bicyclic) bond motifs is 3. The number of ketones is 1. The van der Waals surface area contributed by atoms with E-state index in [1.807, 2.05) is 30.3 Å². The number of anilines is 1. The maximum Gasteiger partial charge on any atom is 0.250 e. The molecule has 224 valence electrons. The molecular formula is C37H29F2N3O3. The van der Waals surface area contributed by atoms with Gasteiger partial charge in [0.15, 0.2) is 5.78 Å². The van der Waals surface area contributed by atoms with Crippen molar-refractivity contribution in [2.45, 2.75) is 17.5 Å². The van der Waals surface area contributed by atoms with E-state index in [0.29, 0.717) is 11.3 Å². The van der Waals surface area contributed by atoms with Crippen LogP contribution in [-0.2, 0) is 19.9 Å². The summed E-state index contributed by atoms with van der Waals surface area (Å²) >= 11 is 0. The molecule has 45 heavy (non-hydrogen) atoms. The summed E-state index contributed by atoms with van der Waals surface area (Å²) in [5.74, 6) is -3.50. The third kappa shape index (κ3) is 4.13. The predicted molar refractivity (Wildman–Crippen MR) is 167 cm³/mol. The van der Waals surface area contributed by atoms with Crippen molar-refractivity contribution >= 4 is 29.4 Å². The van der Waals surface area contributed by atoms with Gasteiger partial charge in [0, 0.05) is 47.4 Å². The van der Waals surface area contributed by atoms with Crippen molar-refractivity contribution in [2.24, 2.45) is 5.41 Å². The van der Waals surface area contributed by atoms with Gasteiger partial charge < -0.3 is 10.2 Å². The lowest BCUT2D eigenvalue weighted by Crippen LogP contribution is -2.66. The molecule has 2 N–H and O–H groups in total. The minimum absolute atomic E-state index is 0.120. The number of hydrogen-bond donors (Lipinski definition) is 2.